The fourth-order valence-corrected chi connectivity index (χ4v) is 3.02. The van der Waals surface area contributed by atoms with E-state index >= 15 is 0 Å². The van der Waals surface area contributed by atoms with Gasteiger partial charge in [-0.3, -0.25) is 14.9 Å². The van der Waals surface area contributed by atoms with Crippen LogP contribution in [0.2, 0.25) is 0 Å². The van der Waals surface area contributed by atoms with Crippen LogP contribution in [-0.2, 0) is 0 Å². The molecule has 21 heavy (non-hydrogen) atoms. The minimum atomic E-state index is -0.495. The lowest BCUT2D eigenvalue weighted by atomic mass is 9.93. The second kappa shape index (κ2) is 6.53. The molecule has 0 spiro atoms. The molecule has 1 aliphatic rings. The summed E-state index contributed by atoms with van der Waals surface area (Å²) in [6.07, 6.45) is 1.91. The summed E-state index contributed by atoms with van der Waals surface area (Å²) in [6, 6.07) is 4.36. The molecular formula is C14H18BrN3O3. The summed E-state index contributed by atoms with van der Waals surface area (Å²) in [6.45, 7) is 3.15. The van der Waals surface area contributed by atoms with Crippen molar-refractivity contribution >= 4 is 27.5 Å². The molecule has 1 aromatic rings. The number of hydrogen-bond acceptors (Lipinski definition) is 4. The van der Waals surface area contributed by atoms with E-state index in [2.05, 4.69) is 15.9 Å². The van der Waals surface area contributed by atoms with Gasteiger partial charge in [0.15, 0.2) is 0 Å². The van der Waals surface area contributed by atoms with Gasteiger partial charge in [-0.15, -0.1) is 0 Å². The van der Waals surface area contributed by atoms with E-state index in [0.717, 1.165) is 12.8 Å². The minimum Gasteiger partial charge on any atom is -0.336 e. The van der Waals surface area contributed by atoms with E-state index in [9.17, 15) is 14.9 Å². The Morgan fingerprint density at radius 3 is 2.86 bits per heavy atom. The molecule has 1 saturated heterocycles. The van der Waals surface area contributed by atoms with Gasteiger partial charge in [-0.25, -0.2) is 0 Å². The summed E-state index contributed by atoms with van der Waals surface area (Å²) in [5.74, 6) is 0.110. The Hall–Kier alpha value is -1.47. The van der Waals surface area contributed by atoms with Crippen molar-refractivity contribution < 1.29 is 9.72 Å². The van der Waals surface area contributed by atoms with Gasteiger partial charge in [0, 0.05) is 29.2 Å². The third-order valence-corrected chi connectivity index (χ3v) is 4.66. The molecule has 1 heterocycles. The number of piperidine rings is 1. The maximum atomic E-state index is 12.7. The van der Waals surface area contributed by atoms with E-state index in [1.54, 1.807) is 11.0 Å². The topological polar surface area (TPSA) is 89.5 Å². The monoisotopic (exact) mass is 355 g/mol. The summed E-state index contributed by atoms with van der Waals surface area (Å²) >= 11 is 3.30. The lowest BCUT2D eigenvalue weighted by Crippen LogP contribution is -2.47. The Labute approximate surface area is 131 Å². The first kappa shape index (κ1) is 15.9. The molecule has 1 fully saturated rings. The number of halogens is 1. The maximum Gasteiger partial charge on any atom is 0.270 e. The van der Waals surface area contributed by atoms with Gasteiger partial charge in [-0.2, -0.15) is 0 Å². The van der Waals surface area contributed by atoms with Crippen molar-refractivity contribution in [3.8, 4) is 0 Å². The predicted octanol–water partition coefficient (Wildman–Crippen LogP) is 2.56. The first-order valence-corrected chi connectivity index (χ1v) is 7.68. The van der Waals surface area contributed by atoms with Gasteiger partial charge in [-0.05, 0) is 54.2 Å². The van der Waals surface area contributed by atoms with Crippen LogP contribution in [0.15, 0.2) is 22.7 Å². The van der Waals surface area contributed by atoms with Crippen molar-refractivity contribution in [1.82, 2.24) is 4.90 Å². The van der Waals surface area contributed by atoms with Gasteiger partial charge >= 0.3 is 0 Å². The van der Waals surface area contributed by atoms with E-state index < -0.39 is 4.92 Å². The average molecular weight is 356 g/mol. The molecule has 2 N–H and O–H groups in total. The van der Waals surface area contributed by atoms with Crippen molar-refractivity contribution in [2.75, 3.05) is 13.1 Å². The Bertz CT molecular complexity index is 564. The predicted molar refractivity (Wildman–Crippen MR) is 83.1 cm³/mol. The van der Waals surface area contributed by atoms with Crippen LogP contribution in [0, 0.1) is 16.0 Å². The van der Waals surface area contributed by atoms with Gasteiger partial charge < -0.3 is 10.6 Å². The highest BCUT2D eigenvalue weighted by molar-refractivity contribution is 9.10. The van der Waals surface area contributed by atoms with Crippen molar-refractivity contribution in [1.29, 1.82) is 0 Å². The van der Waals surface area contributed by atoms with Crippen LogP contribution in [-0.4, -0.2) is 34.9 Å². The standard InChI is InChI=1S/C14H18BrN3O3/c1-9-2-3-10(7-16)8-17(9)14(19)12-6-11(18(20)21)4-5-13(12)15/h4-6,9-10H,2-3,7-8,16H2,1H3. The van der Waals surface area contributed by atoms with Crippen molar-refractivity contribution in [2.24, 2.45) is 11.7 Å². The Morgan fingerprint density at radius 2 is 2.24 bits per heavy atom. The number of nitrogens with zero attached hydrogens (tertiary/aromatic N) is 2. The zero-order chi connectivity index (χ0) is 15.6. The minimum absolute atomic E-state index is 0.0819. The van der Waals surface area contributed by atoms with Crippen molar-refractivity contribution in [3.05, 3.63) is 38.3 Å². The van der Waals surface area contributed by atoms with Gasteiger partial charge in [0.05, 0.1) is 10.5 Å². The number of rotatable bonds is 3. The number of benzene rings is 1. The molecule has 1 aliphatic heterocycles. The molecule has 2 atom stereocenters. The summed E-state index contributed by atoms with van der Waals surface area (Å²) in [4.78, 5) is 24.8. The number of hydrogen-bond donors (Lipinski definition) is 1. The van der Waals surface area contributed by atoms with Crippen LogP contribution < -0.4 is 5.73 Å². The molecule has 6 nitrogen and oxygen atoms in total. The smallest absolute Gasteiger partial charge is 0.270 e. The SMILES string of the molecule is CC1CCC(CN)CN1C(=O)c1cc([N+](=O)[O-])ccc1Br. The zero-order valence-corrected chi connectivity index (χ0v) is 13.4. The Morgan fingerprint density at radius 1 is 1.52 bits per heavy atom. The van der Waals surface area contributed by atoms with E-state index in [1.807, 2.05) is 6.92 Å². The fraction of sp³-hybridized carbons (Fsp3) is 0.500. The van der Waals surface area contributed by atoms with Crippen LogP contribution in [0.4, 0.5) is 5.69 Å². The molecule has 0 aromatic heterocycles. The Balaban J connectivity index is 2.30. The highest BCUT2D eigenvalue weighted by atomic mass is 79.9. The van der Waals surface area contributed by atoms with Gasteiger partial charge in [-0.1, -0.05) is 0 Å². The number of nitro groups is 1. The third kappa shape index (κ3) is 3.41. The number of likely N-dealkylation sites (tertiary alicyclic amines) is 1. The lowest BCUT2D eigenvalue weighted by molar-refractivity contribution is -0.384. The largest absolute Gasteiger partial charge is 0.336 e. The molecule has 0 aliphatic carbocycles. The maximum absolute atomic E-state index is 12.7. The summed E-state index contributed by atoms with van der Waals surface area (Å²) in [7, 11) is 0. The summed E-state index contributed by atoms with van der Waals surface area (Å²) in [5.41, 5.74) is 5.95. The normalized spacial score (nSPS) is 22.1. The van der Waals surface area contributed by atoms with E-state index in [4.69, 9.17) is 5.73 Å². The number of nitro benzene ring substituents is 1. The molecule has 1 amide bonds. The molecule has 2 rings (SSSR count). The molecule has 0 radical (unpaired) electrons. The average Bonchev–Trinajstić information content (AvgIpc) is 2.47. The van der Waals surface area contributed by atoms with E-state index in [-0.39, 0.29) is 17.6 Å². The number of carbonyl (C=O) groups excluding carboxylic acids is 1. The van der Waals surface area contributed by atoms with E-state index in [1.165, 1.54) is 12.1 Å². The second-order valence-electron chi connectivity index (χ2n) is 5.41. The zero-order valence-electron chi connectivity index (χ0n) is 11.8. The van der Waals surface area contributed by atoms with Crippen LogP contribution in [0.1, 0.15) is 30.1 Å². The van der Waals surface area contributed by atoms with Gasteiger partial charge in [0.2, 0.25) is 0 Å². The number of amides is 1. The quantitative estimate of drug-likeness (QED) is 0.666. The van der Waals surface area contributed by atoms with E-state index in [0.29, 0.717) is 29.0 Å². The molecule has 0 bridgehead atoms. The second-order valence-corrected chi connectivity index (χ2v) is 6.26. The van der Waals surface area contributed by atoms with Gasteiger partial charge in [0.1, 0.15) is 0 Å². The Kier molecular flexibility index (Phi) is 4.95. The number of non-ortho nitro benzene ring substituents is 1. The lowest BCUT2D eigenvalue weighted by Gasteiger charge is -2.37. The van der Waals surface area contributed by atoms with Gasteiger partial charge in [0.25, 0.3) is 11.6 Å². The van der Waals surface area contributed by atoms with Crippen molar-refractivity contribution in [3.63, 3.8) is 0 Å². The highest BCUT2D eigenvalue weighted by Crippen LogP contribution is 2.28. The fourth-order valence-electron chi connectivity index (χ4n) is 2.60. The summed E-state index contributed by atoms with van der Waals surface area (Å²) < 4.78 is 0.570. The first-order valence-electron chi connectivity index (χ1n) is 6.89. The molecule has 0 saturated carbocycles. The number of nitrogens with two attached hydrogens (primary N) is 1. The molecule has 1 aromatic carbocycles. The van der Waals surface area contributed by atoms with Crippen molar-refractivity contribution in [2.45, 2.75) is 25.8 Å². The highest BCUT2D eigenvalue weighted by Gasteiger charge is 2.30. The molecular weight excluding hydrogens is 338 g/mol. The molecule has 7 heteroatoms. The molecule has 2 unspecified atom stereocenters. The van der Waals surface area contributed by atoms with Crippen LogP contribution in [0.25, 0.3) is 0 Å². The molecule has 114 valence electrons. The summed E-state index contributed by atoms with van der Waals surface area (Å²) in [5, 5.41) is 10.9. The van der Waals surface area contributed by atoms with Crippen LogP contribution in [0.3, 0.4) is 0 Å². The third-order valence-electron chi connectivity index (χ3n) is 3.97. The number of carbonyl (C=O) groups is 1. The van der Waals surface area contributed by atoms with Crippen LogP contribution in [0.5, 0.6) is 0 Å². The van der Waals surface area contributed by atoms with Crippen LogP contribution >= 0.6 is 15.9 Å². The first-order chi connectivity index (χ1) is 9.93.